The van der Waals surface area contributed by atoms with Crippen LogP contribution in [0.3, 0.4) is 0 Å². The van der Waals surface area contributed by atoms with Crippen molar-refractivity contribution in [3.8, 4) is 0 Å². The van der Waals surface area contributed by atoms with Crippen molar-refractivity contribution in [2.75, 3.05) is 10.6 Å². The monoisotopic (exact) mass is 267 g/mol. The summed E-state index contributed by atoms with van der Waals surface area (Å²) in [5, 5.41) is 6.22. The van der Waals surface area contributed by atoms with Gasteiger partial charge in [0.15, 0.2) is 0 Å². The van der Waals surface area contributed by atoms with Gasteiger partial charge in [0.1, 0.15) is 0 Å². The Morgan fingerprint density at radius 2 is 1.65 bits per heavy atom. The highest BCUT2D eigenvalue weighted by Gasteiger charge is 2.22. The molecule has 20 heavy (non-hydrogen) atoms. The quantitative estimate of drug-likeness (QED) is 0.765. The molecule has 0 unspecified atom stereocenters. The van der Waals surface area contributed by atoms with E-state index in [1.54, 1.807) is 6.20 Å². The van der Waals surface area contributed by atoms with Crippen molar-refractivity contribution in [3.63, 3.8) is 0 Å². The minimum absolute atomic E-state index is 0.0565. The molecule has 0 aliphatic carbocycles. The Labute approximate surface area is 118 Å². The largest absolute Gasteiger partial charge is 0.353 e. The van der Waals surface area contributed by atoms with Crippen molar-refractivity contribution in [1.29, 1.82) is 0 Å². The minimum atomic E-state index is -0.134. The number of nitrogens with one attached hydrogen (secondary N) is 2. The van der Waals surface area contributed by atoms with E-state index in [4.69, 9.17) is 0 Å². The molecule has 1 amide bonds. The van der Waals surface area contributed by atoms with Crippen molar-refractivity contribution in [3.05, 3.63) is 47.8 Å². The second kappa shape index (κ2) is 4.34. The fraction of sp³-hybridized carbons (Fsp3) is 0.250. The molecule has 0 atom stereocenters. The van der Waals surface area contributed by atoms with Gasteiger partial charge in [0.05, 0.1) is 22.6 Å². The lowest BCUT2D eigenvalue weighted by Crippen LogP contribution is -2.16. The third kappa shape index (κ3) is 2.13. The predicted molar refractivity (Wildman–Crippen MR) is 80.6 cm³/mol. The van der Waals surface area contributed by atoms with Gasteiger partial charge in [-0.05, 0) is 18.2 Å². The lowest BCUT2D eigenvalue weighted by atomic mass is 9.91. The summed E-state index contributed by atoms with van der Waals surface area (Å²) in [5.41, 5.74) is 3.94. The molecular formula is C16H17N3O. The zero-order valence-electron chi connectivity index (χ0n) is 11.8. The smallest absolute Gasteiger partial charge is 0.259 e. The lowest BCUT2D eigenvalue weighted by molar-refractivity contribution is 0.102. The topological polar surface area (TPSA) is 54.0 Å². The van der Waals surface area contributed by atoms with Crippen LogP contribution in [0.4, 0.5) is 17.1 Å². The van der Waals surface area contributed by atoms with Crippen LogP contribution in [-0.2, 0) is 5.41 Å². The van der Waals surface area contributed by atoms with E-state index in [1.165, 1.54) is 0 Å². The number of anilines is 3. The molecule has 2 heterocycles. The zero-order chi connectivity index (χ0) is 14.3. The van der Waals surface area contributed by atoms with Crippen molar-refractivity contribution < 1.29 is 4.79 Å². The van der Waals surface area contributed by atoms with Gasteiger partial charge in [0, 0.05) is 17.3 Å². The van der Waals surface area contributed by atoms with Crippen LogP contribution in [0.15, 0.2) is 36.5 Å². The zero-order valence-corrected chi connectivity index (χ0v) is 11.8. The summed E-state index contributed by atoms with van der Waals surface area (Å²) >= 11 is 0. The van der Waals surface area contributed by atoms with Gasteiger partial charge in [-0.2, -0.15) is 0 Å². The minimum Gasteiger partial charge on any atom is -0.353 e. The number of carbonyl (C=O) groups is 1. The average Bonchev–Trinajstić information content (AvgIpc) is 2.53. The molecule has 0 saturated heterocycles. The molecule has 0 saturated carbocycles. The fourth-order valence-electron chi connectivity index (χ4n) is 2.19. The van der Waals surface area contributed by atoms with Crippen LogP contribution in [0.1, 0.15) is 36.8 Å². The Kier molecular flexibility index (Phi) is 2.74. The average molecular weight is 267 g/mol. The van der Waals surface area contributed by atoms with Crippen LogP contribution >= 0.6 is 0 Å². The first-order chi connectivity index (χ1) is 9.45. The highest BCUT2D eigenvalue weighted by Crippen LogP contribution is 2.33. The molecule has 2 aromatic rings. The van der Waals surface area contributed by atoms with E-state index in [2.05, 4.69) is 36.4 Å². The van der Waals surface area contributed by atoms with E-state index in [0.717, 1.165) is 22.8 Å². The van der Waals surface area contributed by atoms with Crippen LogP contribution in [0.2, 0.25) is 0 Å². The third-order valence-corrected chi connectivity index (χ3v) is 3.36. The number of amides is 1. The van der Waals surface area contributed by atoms with Crippen molar-refractivity contribution in [1.82, 2.24) is 4.98 Å². The Bertz CT molecular complexity index is 686. The number of benzene rings is 1. The maximum absolute atomic E-state index is 12.2. The van der Waals surface area contributed by atoms with Gasteiger partial charge in [-0.25, -0.2) is 0 Å². The summed E-state index contributed by atoms with van der Waals surface area (Å²) in [6.07, 6.45) is 1.64. The van der Waals surface area contributed by atoms with E-state index in [9.17, 15) is 4.79 Å². The van der Waals surface area contributed by atoms with Gasteiger partial charge in [0.25, 0.3) is 5.91 Å². The second-order valence-corrected chi connectivity index (χ2v) is 5.99. The first-order valence-electron chi connectivity index (χ1n) is 6.63. The molecule has 0 bridgehead atoms. The molecule has 4 nitrogen and oxygen atoms in total. The van der Waals surface area contributed by atoms with Gasteiger partial charge < -0.3 is 10.6 Å². The highest BCUT2D eigenvalue weighted by molar-refractivity contribution is 6.11. The van der Waals surface area contributed by atoms with E-state index < -0.39 is 0 Å². The summed E-state index contributed by atoms with van der Waals surface area (Å²) in [5.74, 6) is -0.134. The lowest BCUT2D eigenvalue weighted by Gasteiger charge is -2.19. The van der Waals surface area contributed by atoms with Crippen LogP contribution in [-0.4, -0.2) is 10.9 Å². The second-order valence-electron chi connectivity index (χ2n) is 5.99. The standard InChI is InChI=1S/C16H17N3O/c1-16(2,3)14-8-13-10(9-17-14)15(20)19-12-7-5-4-6-11(12)18-13/h4-9,18H,1-3H3,(H,19,20). The Morgan fingerprint density at radius 3 is 2.30 bits per heavy atom. The first kappa shape index (κ1) is 12.7. The summed E-state index contributed by atoms with van der Waals surface area (Å²) in [7, 11) is 0. The fourth-order valence-corrected chi connectivity index (χ4v) is 2.19. The van der Waals surface area contributed by atoms with E-state index in [0.29, 0.717) is 5.56 Å². The SMILES string of the molecule is CC(C)(C)c1cc2c(cn1)C(=O)Nc1ccccc1N2. The normalized spacial score (nSPS) is 13.7. The maximum Gasteiger partial charge on any atom is 0.259 e. The number of nitrogens with zero attached hydrogens (tertiary/aromatic N) is 1. The number of fused-ring (bicyclic) bond motifs is 2. The molecule has 0 spiro atoms. The number of carbonyl (C=O) groups excluding carboxylic acids is 1. The van der Waals surface area contributed by atoms with Gasteiger partial charge in [0.2, 0.25) is 0 Å². The molecular weight excluding hydrogens is 250 g/mol. The first-order valence-corrected chi connectivity index (χ1v) is 6.63. The number of aromatic nitrogens is 1. The molecule has 0 radical (unpaired) electrons. The van der Waals surface area contributed by atoms with Crippen LogP contribution in [0.5, 0.6) is 0 Å². The van der Waals surface area contributed by atoms with Gasteiger partial charge in [-0.15, -0.1) is 0 Å². The molecule has 2 N–H and O–H groups in total. The van der Waals surface area contributed by atoms with E-state index in [1.807, 2.05) is 30.3 Å². The Morgan fingerprint density at radius 1 is 1.00 bits per heavy atom. The molecule has 0 fully saturated rings. The number of hydrogen-bond acceptors (Lipinski definition) is 3. The van der Waals surface area contributed by atoms with E-state index >= 15 is 0 Å². The molecule has 1 aromatic heterocycles. The molecule has 3 rings (SSSR count). The Hall–Kier alpha value is -2.36. The van der Waals surface area contributed by atoms with E-state index in [-0.39, 0.29) is 11.3 Å². The number of para-hydroxylation sites is 2. The molecule has 4 heteroatoms. The summed E-state index contributed by atoms with van der Waals surface area (Å²) in [6, 6.07) is 9.62. The molecule has 1 aromatic carbocycles. The maximum atomic E-state index is 12.2. The predicted octanol–water partition coefficient (Wildman–Crippen LogP) is 3.69. The van der Waals surface area contributed by atoms with Gasteiger partial charge >= 0.3 is 0 Å². The van der Waals surface area contributed by atoms with Crippen molar-refractivity contribution >= 4 is 23.0 Å². The molecule has 102 valence electrons. The van der Waals surface area contributed by atoms with Gasteiger partial charge in [-0.3, -0.25) is 9.78 Å². The van der Waals surface area contributed by atoms with Crippen molar-refractivity contribution in [2.45, 2.75) is 26.2 Å². The third-order valence-electron chi connectivity index (χ3n) is 3.36. The molecule has 1 aliphatic rings. The molecule has 1 aliphatic heterocycles. The number of hydrogen-bond donors (Lipinski definition) is 2. The highest BCUT2D eigenvalue weighted by atomic mass is 16.1. The van der Waals surface area contributed by atoms with Gasteiger partial charge in [-0.1, -0.05) is 32.9 Å². The summed E-state index contributed by atoms with van der Waals surface area (Å²) < 4.78 is 0. The number of rotatable bonds is 0. The Balaban J connectivity index is 2.13. The van der Waals surface area contributed by atoms with Crippen LogP contribution < -0.4 is 10.6 Å². The van der Waals surface area contributed by atoms with Crippen LogP contribution in [0, 0.1) is 0 Å². The summed E-state index contributed by atoms with van der Waals surface area (Å²) in [4.78, 5) is 16.7. The van der Waals surface area contributed by atoms with Crippen molar-refractivity contribution in [2.24, 2.45) is 0 Å². The summed E-state index contributed by atoms with van der Waals surface area (Å²) in [6.45, 7) is 6.31. The number of pyridine rings is 1. The van der Waals surface area contributed by atoms with Crippen LogP contribution in [0.25, 0.3) is 0 Å².